The Morgan fingerprint density at radius 2 is 1.77 bits per heavy atom. The summed E-state index contributed by atoms with van der Waals surface area (Å²) in [4.78, 5) is 23.6. The molecule has 3 heterocycles. The van der Waals surface area contributed by atoms with E-state index < -0.39 is 29.7 Å². The molecule has 2 aliphatic rings. The van der Waals surface area contributed by atoms with Gasteiger partial charge in [0.25, 0.3) is 5.91 Å². The highest BCUT2D eigenvalue weighted by Gasteiger charge is 2.22. The number of amides is 1. The molecular weight excluding hydrogens is 547 g/mol. The third-order valence-electron chi connectivity index (χ3n) is 5.13. The van der Waals surface area contributed by atoms with E-state index in [1.54, 1.807) is 0 Å². The molecular formula is C24H23BrF3N3O3S. The van der Waals surface area contributed by atoms with Crippen molar-refractivity contribution in [3.05, 3.63) is 91.8 Å². The first-order chi connectivity index (χ1) is 16.6. The number of carbonyl (C=O) groups is 1. The number of pyridine rings is 1. The normalized spacial score (nSPS) is 13.7. The smallest absolute Gasteiger partial charge is 0.388 e. The van der Waals surface area contributed by atoms with E-state index in [1.165, 1.54) is 43.0 Å². The van der Waals surface area contributed by atoms with Crippen LogP contribution in [0.15, 0.2) is 68.9 Å². The number of hydrogen-bond acceptors (Lipinski definition) is 5. The largest absolute Gasteiger partial charge is 0.502 e. The first-order valence-electron chi connectivity index (χ1n) is 10.6. The van der Waals surface area contributed by atoms with E-state index in [0.717, 1.165) is 19.1 Å². The molecule has 3 N–H and O–H groups in total. The molecule has 0 bridgehead atoms. The van der Waals surface area contributed by atoms with Crippen molar-refractivity contribution in [2.24, 2.45) is 0 Å². The van der Waals surface area contributed by atoms with Gasteiger partial charge in [0.15, 0.2) is 11.4 Å². The molecule has 0 aliphatic carbocycles. The van der Waals surface area contributed by atoms with E-state index in [0.29, 0.717) is 0 Å². The number of aromatic hydroxyl groups is 1. The van der Waals surface area contributed by atoms with Crippen LogP contribution in [-0.4, -0.2) is 28.5 Å². The summed E-state index contributed by atoms with van der Waals surface area (Å²) in [6, 6.07) is 16.4. The average Bonchev–Trinajstić information content (AvgIpc) is 3.02. The van der Waals surface area contributed by atoms with Gasteiger partial charge < -0.3 is 15.8 Å². The number of carbonyl (C=O) groups excluding carboxylic acids is 1. The second kappa shape index (κ2) is 11.7. The Labute approximate surface area is 212 Å². The Bertz CT molecular complexity index is 1260. The van der Waals surface area contributed by atoms with E-state index in [-0.39, 0.29) is 12.4 Å². The lowest BCUT2D eigenvalue weighted by Crippen LogP contribution is -2.42. The minimum Gasteiger partial charge on any atom is -0.502 e. The van der Waals surface area contributed by atoms with Crippen LogP contribution in [0.25, 0.3) is 0 Å². The minimum absolute atomic E-state index is 0.0567. The molecule has 11 heteroatoms. The molecule has 2 aromatic carbocycles. The fraction of sp³-hybridized carbons (Fsp3) is 0.250. The number of benzene rings is 2. The average molecular weight is 570 g/mol. The zero-order valence-corrected chi connectivity index (χ0v) is 21.1. The van der Waals surface area contributed by atoms with Crippen molar-refractivity contribution >= 4 is 33.6 Å². The number of aromatic nitrogens is 1. The monoisotopic (exact) mass is 569 g/mol. The second-order valence-corrected chi connectivity index (χ2v) is 9.38. The number of hydrogen-bond donors (Lipinski definition) is 3. The Morgan fingerprint density at radius 3 is 2.49 bits per heavy atom. The van der Waals surface area contributed by atoms with Crippen LogP contribution in [-0.2, 0) is 12.2 Å². The quantitative estimate of drug-likeness (QED) is 0.337. The van der Waals surface area contributed by atoms with Gasteiger partial charge in [0, 0.05) is 33.8 Å². The van der Waals surface area contributed by atoms with Gasteiger partial charge in [0.1, 0.15) is 6.67 Å². The van der Waals surface area contributed by atoms with Gasteiger partial charge in [-0.2, -0.15) is 13.2 Å². The van der Waals surface area contributed by atoms with Crippen LogP contribution < -0.4 is 16.2 Å². The van der Waals surface area contributed by atoms with Crippen LogP contribution in [0, 0.1) is 0 Å². The lowest BCUT2D eigenvalue weighted by Gasteiger charge is -2.21. The van der Waals surface area contributed by atoms with Gasteiger partial charge in [-0.25, -0.2) is 0 Å². The van der Waals surface area contributed by atoms with Crippen LogP contribution in [0.1, 0.15) is 40.5 Å². The number of alkyl halides is 3. The summed E-state index contributed by atoms with van der Waals surface area (Å²) < 4.78 is 34.9. The molecule has 1 aromatic heterocycles. The van der Waals surface area contributed by atoms with E-state index in [4.69, 9.17) is 0 Å². The summed E-state index contributed by atoms with van der Waals surface area (Å²) in [5, 5.41) is 11.7. The number of rotatable bonds is 0. The number of thioether (sulfide) groups is 1. The summed E-state index contributed by atoms with van der Waals surface area (Å²) in [7, 11) is 0. The maximum atomic E-state index is 11.2. The summed E-state index contributed by atoms with van der Waals surface area (Å²) in [6.07, 6.45) is -2.24. The van der Waals surface area contributed by atoms with Gasteiger partial charge in [-0.15, -0.1) is 11.8 Å². The lowest BCUT2D eigenvalue weighted by atomic mass is 10.0. The summed E-state index contributed by atoms with van der Waals surface area (Å²) >= 11 is 5.58. The maximum absolute atomic E-state index is 11.2. The van der Waals surface area contributed by atoms with E-state index in [2.05, 4.69) is 69.1 Å². The second-order valence-electron chi connectivity index (χ2n) is 7.51. The molecule has 0 saturated carbocycles. The Hall–Kier alpha value is -2.92. The van der Waals surface area contributed by atoms with Crippen LogP contribution in [0.5, 0.6) is 5.75 Å². The Balaban J connectivity index is 0.000000162. The number of fused-ring (bicyclic) bond motifs is 3. The molecule has 1 amide bonds. The molecule has 0 spiro atoms. The molecule has 186 valence electrons. The topological polar surface area (TPSA) is 83.4 Å². The van der Waals surface area contributed by atoms with Gasteiger partial charge in [0.2, 0.25) is 5.43 Å². The number of nitrogens with one attached hydrogen (secondary N) is 2. The van der Waals surface area contributed by atoms with Gasteiger partial charge in [0.05, 0.1) is 0 Å². The molecule has 0 saturated heterocycles. The van der Waals surface area contributed by atoms with Crippen LogP contribution in [0.2, 0.25) is 0 Å². The third-order valence-corrected chi connectivity index (χ3v) is 7.01. The Kier molecular flexibility index (Phi) is 8.90. The molecule has 3 aromatic rings. The standard InChI is InChI=1S/C14H11BrS.C7H7N3O3.C3H5F3/c15-13-6-3-5-10-8-11-4-1-2-7-14(11)16-9-12(10)13;11-4-1-2-10-5(6(4)12)7(13)8-3-9-10;1-2-3(4,5)6/h1-7H,8-9H2;1-2,9,12H,3H2,(H,8,13);2H2,1H3. The van der Waals surface area contributed by atoms with Crippen molar-refractivity contribution in [3.8, 4) is 5.75 Å². The van der Waals surface area contributed by atoms with E-state index in [1.807, 2.05) is 11.8 Å². The highest BCUT2D eigenvalue weighted by molar-refractivity contribution is 9.10. The molecule has 6 nitrogen and oxygen atoms in total. The third kappa shape index (κ3) is 7.04. The van der Waals surface area contributed by atoms with E-state index >= 15 is 0 Å². The number of nitrogens with zero attached hydrogens (tertiary/aromatic N) is 1. The number of halogens is 4. The van der Waals surface area contributed by atoms with Crippen LogP contribution in [0.3, 0.4) is 0 Å². The maximum Gasteiger partial charge on any atom is 0.388 e. The highest BCUT2D eigenvalue weighted by atomic mass is 79.9. The summed E-state index contributed by atoms with van der Waals surface area (Å²) in [5.74, 6) is 0.0643. The summed E-state index contributed by atoms with van der Waals surface area (Å²) in [5.41, 5.74) is 6.47. The summed E-state index contributed by atoms with van der Waals surface area (Å²) in [6.45, 7) is 1.36. The van der Waals surface area contributed by atoms with Crippen molar-refractivity contribution in [1.82, 2.24) is 9.99 Å². The molecule has 35 heavy (non-hydrogen) atoms. The molecule has 5 rings (SSSR count). The van der Waals surface area contributed by atoms with Crippen LogP contribution in [0.4, 0.5) is 13.2 Å². The van der Waals surface area contributed by atoms with Crippen LogP contribution >= 0.6 is 27.7 Å². The van der Waals surface area contributed by atoms with Gasteiger partial charge in [-0.1, -0.05) is 53.2 Å². The molecule has 0 atom stereocenters. The molecule has 0 fully saturated rings. The highest BCUT2D eigenvalue weighted by Crippen LogP contribution is 2.36. The minimum atomic E-state index is -3.96. The fourth-order valence-corrected chi connectivity index (χ4v) is 5.11. The van der Waals surface area contributed by atoms with Gasteiger partial charge >= 0.3 is 6.18 Å². The first-order valence-corrected chi connectivity index (χ1v) is 12.4. The molecule has 0 unspecified atom stereocenters. The fourth-order valence-electron chi connectivity index (χ4n) is 3.24. The van der Waals surface area contributed by atoms with Crippen molar-refractivity contribution in [2.45, 2.75) is 36.6 Å². The van der Waals surface area contributed by atoms with Crippen molar-refractivity contribution in [3.63, 3.8) is 0 Å². The van der Waals surface area contributed by atoms with Crippen molar-refractivity contribution < 1.29 is 23.1 Å². The predicted molar refractivity (Wildman–Crippen MR) is 133 cm³/mol. The first kappa shape index (κ1) is 26.7. The SMILES string of the molecule is Brc1cccc2c1CSc1ccccc1C2.CCC(F)(F)F.O=C1NCNn2ccc(=O)c(O)c21. The Morgan fingerprint density at radius 1 is 1.09 bits per heavy atom. The van der Waals surface area contributed by atoms with Crippen molar-refractivity contribution in [2.75, 3.05) is 12.1 Å². The van der Waals surface area contributed by atoms with E-state index in [9.17, 15) is 27.9 Å². The van der Waals surface area contributed by atoms with Gasteiger partial charge in [-0.3, -0.25) is 14.3 Å². The lowest BCUT2D eigenvalue weighted by molar-refractivity contribution is -0.130. The molecule has 0 radical (unpaired) electrons. The van der Waals surface area contributed by atoms with Gasteiger partial charge in [-0.05, 0) is 35.2 Å². The molecule has 2 aliphatic heterocycles. The zero-order valence-electron chi connectivity index (χ0n) is 18.7. The predicted octanol–water partition coefficient (Wildman–Crippen LogP) is 5.40. The van der Waals surface area contributed by atoms with Crippen molar-refractivity contribution in [1.29, 1.82) is 0 Å². The zero-order chi connectivity index (χ0) is 25.6.